The number of aliphatic hydroxyl groups excluding tert-OH is 1. The molecule has 5 aliphatic rings. The predicted octanol–water partition coefficient (Wildman–Crippen LogP) is 8.58. The van der Waals surface area contributed by atoms with E-state index >= 15 is 0 Å². The average Bonchev–Trinajstić information content (AvgIpc) is 3.36. The van der Waals surface area contributed by atoms with Crippen molar-refractivity contribution in [3.05, 3.63) is 40.2 Å². The van der Waals surface area contributed by atoms with Gasteiger partial charge in [0.15, 0.2) is 5.78 Å². The molecule has 0 unspecified atom stereocenters. The zero-order chi connectivity index (χ0) is 38.2. The van der Waals surface area contributed by atoms with Crippen LogP contribution in [-0.2, 0) is 25.7 Å². The van der Waals surface area contributed by atoms with E-state index in [1.807, 2.05) is 12.1 Å². The topological polar surface area (TPSA) is 126 Å². The van der Waals surface area contributed by atoms with Gasteiger partial charge in [-0.25, -0.2) is 0 Å². The molecule has 1 aromatic rings. The van der Waals surface area contributed by atoms with E-state index in [4.69, 9.17) is 16.3 Å². The molecule has 0 aliphatic heterocycles. The number of nitrogens with zero attached hydrogens (tertiary/aromatic N) is 1. The fourth-order valence-corrected chi connectivity index (χ4v) is 13.1. The number of aliphatic hydroxyl groups is 1. The Bertz CT molecular complexity index is 1620. The summed E-state index contributed by atoms with van der Waals surface area (Å²) in [6, 6.07) is 3.72. The Hall–Kier alpha value is -2.29. The number of pyridine rings is 1. The number of allylic oxidation sites excluding steroid dienone is 1. The summed E-state index contributed by atoms with van der Waals surface area (Å²) in [6.07, 6.45) is 8.69. The van der Waals surface area contributed by atoms with Gasteiger partial charge < -0.3 is 20.3 Å². The number of rotatable bonds is 10. The summed E-state index contributed by atoms with van der Waals surface area (Å²) in [4.78, 5) is 43.2. The monoisotopic (exact) mass is 738 g/mol. The highest BCUT2D eigenvalue weighted by atomic mass is 35.5. The number of hydrogen-bond acceptors (Lipinski definition) is 7. The molecule has 1 heterocycles. The van der Waals surface area contributed by atoms with Gasteiger partial charge in [-0.2, -0.15) is 0 Å². The van der Waals surface area contributed by atoms with Crippen LogP contribution < -0.4 is 5.32 Å². The van der Waals surface area contributed by atoms with Crippen molar-refractivity contribution in [2.24, 2.45) is 56.2 Å². The number of aliphatic carboxylic acids is 1. The summed E-state index contributed by atoms with van der Waals surface area (Å²) in [7, 11) is 0. The lowest BCUT2D eigenvalue weighted by Crippen LogP contribution is -2.66. The Balaban J connectivity index is 1.26. The van der Waals surface area contributed by atoms with Crippen molar-refractivity contribution < 1.29 is 29.3 Å². The summed E-state index contributed by atoms with van der Waals surface area (Å²) >= 11 is 6.04. The average molecular weight is 739 g/mol. The number of aromatic nitrogens is 1. The molecule has 5 aliphatic carbocycles. The first-order valence-electron chi connectivity index (χ1n) is 19.8. The van der Waals surface area contributed by atoms with E-state index < -0.39 is 28.9 Å². The molecule has 0 spiro atoms. The molecule has 0 saturated heterocycles. The molecule has 0 bridgehead atoms. The smallest absolute Gasteiger partial charge is 0.309 e. The number of carbonyl (C=O) groups is 3. The first-order valence-corrected chi connectivity index (χ1v) is 20.2. The molecule has 0 aromatic carbocycles. The summed E-state index contributed by atoms with van der Waals surface area (Å²) in [5.74, 6) is -0.0169. The van der Waals surface area contributed by atoms with Crippen molar-refractivity contribution in [3.63, 3.8) is 0 Å². The first-order chi connectivity index (χ1) is 24.1. The van der Waals surface area contributed by atoms with Gasteiger partial charge in [-0.05, 0) is 123 Å². The van der Waals surface area contributed by atoms with Gasteiger partial charge in [0.25, 0.3) is 0 Å². The van der Waals surface area contributed by atoms with E-state index in [1.54, 1.807) is 20.0 Å². The molecule has 3 N–H and O–H groups in total. The molecule has 9 atom stereocenters. The SMILES string of the molecule is CC(C)C1=C2[C@H]3CC[C@@H]4[C@@]5(C)CC[C@H](OC(=O)CC(C)(C)C(=O)O)C(C)(C)[C@@H]5CC[C@@]4(C)[C@]3(C)CC[C@@]2([C@@H](O)CNCc2ccc(Cl)cn2)CC1=O. The van der Waals surface area contributed by atoms with Crippen LogP contribution in [0.3, 0.4) is 0 Å². The Labute approximate surface area is 316 Å². The van der Waals surface area contributed by atoms with E-state index in [0.29, 0.717) is 36.4 Å². The number of carbonyl (C=O) groups excluding carboxylic acids is 2. The van der Waals surface area contributed by atoms with Gasteiger partial charge in [0, 0.05) is 36.5 Å². The maximum Gasteiger partial charge on any atom is 0.309 e. The highest BCUT2D eigenvalue weighted by Gasteiger charge is 2.70. The van der Waals surface area contributed by atoms with Gasteiger partial charge in [0.1, 0.15) is 6.10 Å². The normalized spacial score (nSPS) is 37.5. The quantitative estimate of drug-likeness (QED) is 0.204. The Morgan fingerprint density at radius 1 is 1.00 bits per heavy atom. The van der Waals surface area contributed by atoms with Crippen molar-refractivity contribution in [2.75, 3.05) is 6.54 Å². The third-order valence-corrected chi connectivity index (χ3v) is 16.2. The van der Waals surface area contributed by atoms with Gasteiger partial charge in [-0.3, -0.25) is 19.4 Å². The third kappa shape index (κ3) is 6.09. The van der Waals surface area contributed by atoms with Crippen LogP contribution in [0.25, 0.3) is 0 Å². The summed E-state index contributed by atoms with van der Waals surface area (Å²) in [5, 5.41) is 25.8. The molecule has 52 heavy (non-hydrogen) atoms. The molecule has 8 nitrogen and oxygen atoms in total. The summed E-state index contributed by atoms with van der Waals surface area (Å²) in [6.45, 7) is 20.5. The van der Waals surface area contributed by atoms with Gasteiger partial charge in [0.2, 0.25) is 0 Å². The lowest BCUT2D eigenvalue weighted by molar-refractivity contribution is -0.235. The van der Waals surface area contributed by atoms with Gasteiger partial charge in [0.05, 0.1) is 28.7 Å². The summed E-state index contributed by atoms with van der Waals surface area (Å²) < 4.78 is 6.16. The molecule has 6 rings (SSSR count). The van der Waals surface area contributed by atoms with Gasteiger partial charge >= 0.3 is 11.9 Å². The number of Topliss-reactive ketones (excluding diaryl/α,β-unsaturated/α-hetero) is 1. The number of hydrogen-bond donors (Lipinski definition) is 3. The maximum atomic E-state index is 14.0. The maximum absolute atomic E-state index is 14.0. The third-order valence-electron chi connectivity index (χ3n) is 15.9. The minimum absolute atomic E-state index is 0.0241. The number of carboxylic acids is 1. The lowest BCUT2D eigenvalue weighted by atomic mass is 9.33. The molecule has 288 valence electrons. The van der Waals surface area contributed by atoms with E-state index in [2.05, 4.69) is 58.8 Å². The second-order valence-electron chi connectivity index (χ2n) is 19.7. The van der Waals surface area contributed by atoms with Crippen LogP contribution in [0.2, 0.25) is 5.02 Å². The minimum atomic E-state index is -1.17. The Morgan fingerprint density at radius 3 is 2.35 bits per heavy atom. The minimum Gasteiger partial charge on any atom is -0.481 e. The van der Waals surface area contributed by atoms with Gasteiger partial charge in [-0.1, -0.05) is 65.6 Å². The van der Waals surface area contributed by atoms with Crippen LogP contribution in [0, 0.1) is 56.2 Å². The van der Waals surface area contributed by atoms with E-state index in [1.165, 1.54) is 5.57 Å². The molecule has 0 radical (unpaired) electrons. The fraction of sp³-hybridized carbons (Fsp3) is 0.767. The zero-order valence-electron chi connectivity index (χ0n) is 33.0. The molecule has 1 aromatic heterocycles. The second-order valence-corrected chi connectivity index (χ2v) is 20.1. The molecular formula is C43H63ClN2O6. The van der Waals surface area contributed by atoms with Crippen molar-refractivity contribution >= 4 is 29.3 Å². The number of esters is 1. The zero-order valence-corrected chi connectivity index (χ0v) is 33.8. The Morgan fingerprint density at radius 2 is 1.71 bits per heavy atom. The van der Waals surface area contributed by atoms with E-state index in [0.717, 1.165) is 62.6 Å². The number of fused-ring (bicyclic) bond motifs is 7. The van der Waals surface area contributed by atoms with Crippen molar-refractivity contribution in [2.45, 2.75) is 145 Å². The number of ether oxygens (including phenoxy) is 1. The molecule has 4 fully saturated rings. The fourth-order valence-electron chi connectivity index (χ4n) is 13.0. The first kappa shape index (κ1) is 39.4. The standard InChI is InChI=1S/C43H63ClN2O6/c1-25(2)35-29(47)20-43(32(48)24-45-23-27-11-10-26(44)22-46-27)19-18-41(8)28(36(35)43)12-13-31-40(7)16-15-33(52-34(49)21-38(3,4)37(50)51)39(5,6)30(40)14-17-42(31,41)9/h10-11,22,25,28,30-33,45,48H,12-21,23-24H2,1-9H3,(H,50,51)/t28-,30+,31-,32+,33+,40+,41-,42-,43+/m1/s1. The number of carboxylic acid groups (broad SMARTS) is 1. The van der Waals surface area contributed by atoms with Crippen LogP contribution in [-0.4, -0.2) is 51.7 Å². The molecule has 0 amide bonds. The summed E-state index contributed by atoms with van der Waals surface area (Å²) in [5.41, 5.74) is 1.22. The second kappa shape index (κ2) is 13.5. The predicted molar refractivity (Wildman–Crippen MR) is 202 cm³/mol. The number of nitrogens with one attached hydrogen (secondary N) is 1. The van der Waals surface area contributed by atoms with Crippen LogP contribution in [0.15, 0.2) is 29.5 Å². The van der Waals surface area contributed by atoms with E-state index in [-0.39, 0.29) is 51.8 Å². The largest absolute Gasteiger partial charge is 0.481 e. The number of ketones is 1. The van der Waals surface area contributed by atoms with Crippen molar-refractivity contribution in [1.82, 2.24) is 10.3 Å². The molecule has 4 saturated carbocycles. The number of halogens is 1. The molecule has 9 heteroatoms. The highest BCUT2D eigenvalue weighted by molar-refractivity contribution is 6.30. The highest BCUT2D eigenvalue weighted by Crippen LogP contribution is 2.77. The van der Waals surface area contributed by atoms with Crippen LogP contribution >= 0.6 is 11.6 Å². The van der Waals surface area contributed by atoms with Crippen LogP contribution in [0.1, 0.15) is 132 Å². The van der Waals surface area contributed by atoms with E-state index in [9.17, 15) is 24.6 Å². The molecular weight excluding hydrogens is 676 g/mol. The van der Waals surface area contributed by atoms with Crippen LogP contribution in [0.5, 0.6) is 0 Å². The van der Waals surface area contributed by atoms with Crippen molar-refractivity contribution in [1.29, 1.82) is 0 Å². The Kier molecular flexibility index (Phi) is 10.2. The lowest BCUT2D eigenvalue weighted by Gasteiger charge is -2.72. The van der Waals surface area contributed by atoms with Crippen LogP contribution in [0.4, 0.5) is 0 Å². The van der Waals surface area contributed by atoms with Gasteiger partial charge in [-0.15, -0.1) is 0 Å². The van der Waals surface area contributed by atoms with Crippen molar-refractivity contribution in [3.8, 4) is 0 Å².